The molecule has 2 fully saturated rings. The summed E-state index contributed by atoms with van der Waals surface area (Å²) in [6.07, 6.45) is 2.44. The monoisotopic (exact) mass is 303 g/mol. The van der Waals surface area contributed by atoms with Gasteiger partial charge in [0.05, 0.1) is 6.10 Å². The number of aliphatic hydroxyl groups is 1. The minimum Gasteiger partial charge on any atom is -0.391 e. The van der Waals surface area contributed by atoms with Crippen LogP contribution in [0.1, 0.15) is 29.6 Å². The van der Waals surface area contributed by atoms with Crippen LogP contribution in [-0.2, 0) is 0 Å². The van der Waals surface area contributed by atoms with Crippen molar-refractivity contribution in [3.63, 3.8) is 0 Å². The second-order valence-electron chi connectivity index (χ2n) is 6.27. The molecule has 0 radical (unpaired) electrons. The van der Waals surface area contributed by atoms with E-state index in [9.17, 15) is 9.90 Å². The number of aliphatic hydroxyl groups excluding tert-OH is 1. The molecule has 0 aromatic heterocycles. The van der Waals surface area contributed by atoms with E-state index in [4.69, 9.17) is 0 Å². The lowest BCUT2D eigenvalue weighted by molar-refractivity contribution is 0.0648. The summed E-state index contributed by atoms with van der Waals surface area (Å²) < 4.78 is 0. The maximum atomic E-state index is 12.4. The van der Waals surface area contributed by atoms with Crippen LogP contribution in [0.3, 0.4) is 0 Å². The fourth-order valence-electron chi connectivity index (χ4n) is 3.33. The van der Waals surface area contributed by atoms with Crippen molar-refractivity contribution in [2.24, 2.45) is 0 Å². The highest BCUT2D eigenvalue weighted by atomic mass is 16.3. The van der Waals surface area contributed by atoms with Gasteiger partial charge in [-0.05, 0) is 37.9 Å². The standard InChI is InChI=1S/C17H25N3O2/c21-16-6-9-18-12-15(16)19-14-7-10-20(11-8-14)17(22)13-4-2-1-3-5-13/h1-5,14-16,18-19,21H,6-12H2. The average molecular weight is 303 g/mol. The molecule has 3 rings (SSSR count). The van der Waals surface area contributed by atoms with E-state index in [0.29, 0.717) is 6.04 Å². The Morgan fingerprint density at radius 1 is 1.18 bits per heavy atom. The summed E-state index contributed by atoms with van der Waals surface area (Å²) in [4.78, 5) is 14.3. The fourth-order valence-corrected chi connectivity index (χ4v) is 3.33. The van der Waals surface area contributed by atoms with Gasteiger partial charge in [-0.3, -0.25) is 4.79 Å². The average Bonchev–Trinajstić information content (AvgIpc) is 2.58. The van der Waals surface area contributed by atoms with Gasteiger partial charge in [0.2, 0.25) is 0 Å². The maximum absolute atomic E-state index is 12.4. The van der Waals surface area contributed by atoms with E-state index >= 15 is 0 Å². The molecule has 1 amide bonds. The minimum atomic E-state index is -0.259. The van der Waals surface area contributed by atoms with Crippen LogP contribution in [0.4, 0.5) is 0 Å². The van der Waals surface area contributed by atoms with E-state index in [1.807, 2.05) is 35.2 Å². The molecule has 22 heavy (non-hydrogen) atoms. The van der Waals surface area contributed by atoms with Crippen molar-refractivity contribution in [2.45, 2.75) is 37.5 Å². The van der Waals surface area contributed by atoms with Crippen LogP contribution in [0.5, 0.6) is 0 Å². The molecule has 1 aromatic rings. The normalized spacial score (nSPS) is 26.9. The molecule has 0 bridgehead atoms. The number of piperidine rings is 2. The number of rotatable bonds is 3. The molecular formula is C17H25N3O2. The first-order valence-electron chi connectivity index (χ1n) is 8.23. The summed E-state index contributed by atoms with van der Waals surface area (Å²) in [5, 5.41) is 16.9. The van der Waals surface area contributed by atoms with E-state index in [0.717, 1.165) is 51.0 Å². The van der Waals surface area contributed by atoms with Crippen molar-refractivity contribution in [1.29, 1.82) is 0 Å². The van der Waals surface area contributed by atoms with Gasteiger partial charge in [-0.15, -0.1) is 0 Å². The smallest absolute Gasteiger partial charge is 0.253 e. The van der Waals surface area contributed by atoms with Gasteiger partial charge in [0.15, 0.2) is 0 Å². The van der Waals surface area contributed by atoms with Gasteiger partial charge in [-0.1, -0.05) is 18.2 Å². The van der Waals surface area contributed by atoms with Crippen LogP contribution < -0.4 is 10.6 Å². The summed E-state index contributed by atoms with van der Waals surface area (Å²) in [5.74, 6) is 0.124. The van der Waals surface area contributed by atoms with Gasteiger partial charge >= 0.3 is 0 Å². The zero-order valence-electron chi connectivity index (χ0n) is 12.9. The second kappa shape index (κ2) is 7.22. The number of likely N-dealkylation sites (tertiary alicyclic amines) is 1. The van der Waals surface area contributed by atoms with Gasteiger partial charge in [-0.25, -0.2) is 0 Å². The maximum Gasteiger partial charge on any atom is 0.253 e. The molecule has 0 saturated carbocycles. The molecule has 5 heteroatoms. The third kappa shape index (κ3) is 3.66. The Hall–Kier alpha value is -1.43. The molecule has 5 nitrogen and oxygen atoms in total. The lowest BCUT2D eigenvalue weighted by atomic mass is 9.98. The number of amides is 1. The number of hydrogen-bond donors (Lipinski definition) is 3. The molecule has 2 saturated heterocycles. The summed E-state index contributed by atoms with van der Waals surface area (Å²) in [7, 11) is 0. The summed E-state index contributed by atoms with van der Waals surface area (Å²) in [5.41, 5.74) is 0.765. The lowest BCUT2D eigenvalue weighted by Crippen LogP contribution is -2.57. The van der Waals surface area contributed by atoms with Gasteiger partial charge in [-0.2, -0.15) is 0 Å². The number of hydrogen-bond acceptors (Lipinski definition) is 4. The third-order valence-corrected chi connectivity index (χ3v) is 4.70. The van der Waals surface area contributed by atoms with Crippen LogP contribution in [0.2, 0.25) is 0 Å². The largest absolute Gasteiger partial charge is 0.391 e. The Balaban J connectivity index is 1.49. The Bertz CT molecular complexity index is 486. The van der Waals surface area contributed by atoms with Crippen molar-refractivity contribution in [1.82, 2.24) is 15.5 Å². The van der Waals surface area contributed by atoms with Crippen LogP contribution in [0.25, 0.3) is 0 Å². The van der Waals surface area contributed by atoms with Gasteiger partial charge in [0.25, 0.3) is 5.91 Å². The first kappa shape index (κ1) is 15.5. The Morgan fingerprint density at radius 3 is 2.59 bits per heavy atom. The number of nitrogens with one attached hydrogen (secondary N) is 2. The predicted molar refractivity (Wildman–Crippen MR) is 85.8 cm³/mol. The molecular weight excluding hydrogens is 278 g/mol. The first-order chi connectivity index (χ1) is 10.7. The summed E-state index contributed by atoms with van der Waals surface area (Å²) in [6, 6.07) is 10.00. The van der Waals surface area contributed by atoms with Crippen LogP contribution in [-0.4, -0.2) is 60.3 Å². The Kier molecular flexibility index (Phi) is 5.08. The van der Waals surface area contributed by atoms with Crippen molar-refractivity contribution < 1.29 is 9.90 Å². The number of carbonyl (C=O) groups excluding carboxylic acids is 1. The number of carbonyl (C=O) groups is 1. The van der Waals surface area contributed by atoms with Crippen LogP contribution in [0.15, 0.2) is 30.3 Å². The van der Waals surface area contributed by atoms with Crippen LogP contribution in [0, 0.1) is 0 Å². The minimum absolute atomic E-state index is 0.124. The quantitative estimate of drug-likeness (QED) is 0.765. The topological polar surface area (TPSA) is 64.6 Å². The second-order valence-corrected chi connectivity index (χ2v) is 6.27. The highest BCUT2D eigenvalue weighted by Gasteiger charge is 2.28. The van der Waals surface area contributed by atoms with Crippen molar-refractivity contribution in [3.05, 3.63) is 35.9 Å². The van der Waals surface area contributed by atoms with Crippen molar-refractivity contribution in [3.8, 4) is 0 Å². The molecule has 2 heterocycles. The molecule has 0 spiro atoms. The number of benzene rings is 1. The summed E-state index contributed by atoms with van der Waals surface area (Å²) in [6.45, 7) is 3.27. The molecule has 2 unspecified atom stereocenters. The zero-order valence-corrected chi connectivity index (χ0v) is 12.9. The third-order valence-electron chi connectivity index (χ3n) is 4.70. The molecule has 0 aliphatic carbocycles. The van der Waals surface area contributed by atoms with E-state index in [2.05, 4.69) is 10.6 Å². The SMILES string of the molecule is O=C(c1ccccc1)N1CCC(NC2CNCCC2O)CC1. The van der Waals surface area contributed by atoms with Crippen LogP contribution >= 0.6 is 0 Å². The highest BCUT2D eigenvalue weighted by molar-refractivity contribution is 5.94. The lowest BCUT2D eigenvalue weighted by Gasteiger charge is -2.37. The number of nitrogens with zero attached hydrogens (tertiary/aromatic N) is 1. The predicted octanol–water partition coefficient (Wildman–Crippen LogP) is 0.604. The van der Waals surface area contributed by atoms with E-state index < -0.39 is 0 Å². The van der Waals surface area contributed by atoms with Gasteiger partial charge in [0, 0.05) is 37.3 Å². The van der Waals surface area contributed by atoms with E-state index in [-0.39, 0.29) is 18.1 Å². The zero-order chi connectivity index (χ0) is 15.4. The van der Waals surface area contributed by atoms with Crippen molar-refractivity contribution >= 4 is 5.91 Å². The summed E-state index contributed by atoms with van der Waals surface area (Å²) >= 11 is 0. The first-order valence-corrected chi connectivity index (χ1v) is 8.23. The molecule has 2 atom stereocenters. The van der Waals surface area contributed by atoms with E-state index in [1.165, 1.54) is 0 Å². The van der Waals surface area contributed by atoms with Gasteiger partial charge in [0.1, 0.15) is 0 Å². The van der Waals surface area contributed by atoms with E-state index in [1.54, 1.807) is 0 Å². The fraction of sp³-hybridized carbons (Fsp3) is 0.588. The van der Waals surface area contributed by atoms with Crippen molar-refractivity contribution in [2.75, 3.05) is 26.2 Å². The molecule has 1 aromatic carbocycles. The molecule has 3 N–H and O–H groups in total. The molecule has 2 aliphatic heterocycles. The molecule has 2 aliphatic rings. The Labute approximate surface area is 131 Å². The molecule has 120 valence electrons. The van der Waals surface area contributed by atoms with Gasteiger partial charge < -0.3 is 20.6 Å². The Morgan fingerprint density at radius 2 is 1.91 bits per heavy atom. The highest BCUT2D eigenvalue weighted by Crippen LogP contribution is 2.15.